The van der Waals surface area contributed by atoms with Gasteiger partial charge in [0, 0.05) is 18.0 Å². The van der Waals surface area contributed by atoms with Gasteiger partial charge in [-0.1, -0.05) is 24.3 Å². The number of amides is 2. The molecular weight excluding hydrogens is 295 g/mol. The zero-order chi connectivity index (χ0) is 16.2. The van der Waals surface area contributed by atoms with Gasteiger partial charge in [-0.25, -0.2) is 4.39 Å². The lowest BCUT2D eigenvalue weighted by atomic mass is 10.1. The topological polar surface area (TPSA) is 58.2 Å². The van der Waals surface area contributed by atoms with E-state index in [1.54, 1.807) is 36.4 Å². The molecule has 1 aliphatic rings. The van der Waals surface area contributed by atoms with Gasteiger partial charge in [0.15, 0.2) is 0 Å². The molecule has 4 nitrogen and oxygen atoms in total. The van der Waals surface area contributed by atoms with Gasteiger partial charge in [-0.15, -0.1) is 0 Å². The van der Waals surface area contributed by atoms with E-state index in [9.17, 15) is 14.0 Å². The van der Waals surface area contributed by atoms with Crippen LogP contribution in [0.5, 0.6) is 0 Å². The molecule has 0 bridgehead atoms. The minimum absolute atomic E-state index is 0.0892. The molecule has 0 atom stereocenters. The van der Waals surface area contributed by atoms with Gasteiger partial charge in [0.25, 0.3) is 5.91 Å². The van der Waals surface area contributed by atoms with E-state index in [0.717, 1.165) is 18.4 Å². The molecule has 3 rings (SSSR count). The second-order valence-corrected chi connectivity index (χ2v) is 5.62. The fourth-order valence-electron chi connectivity index (χ4n) is 2.21. The summed E-state index contributed by atoms with van der Waals surface area (Å²) >= 11 is 0. The molecule has 1 saturated carbocycles. The molecule has 1 aliphatic carbocycles. The van der Waals surface area contributed by atoms with Gasteiger partial charge in [0.1, 0.15) is 5.82 Å². The predicted molar refractivity (Wildman–Crippen MR) is 85.4 cm³/mol. The molecule has 0 saturated heterocycles. The second kappa shape index (κ2) is 6.60. The molecule has 0 spiro atoms. The van der Waals surface area contributed by atoms with Crippen molar-refractivity contribution in [2.24, 2.45) is 5.92 Å². The van der Waals surface area contributed by atoms with Crippen LogP contribution in [0.2, 0.25) is 0 Å². The number of hydrogen-bond acceptors (Lipinski definition) is 2. The van der Waals surface area contributed by atoms with Crippen LogP contribution >= 0.6 is 0 Å². The summed E-state index contributed by atoms with van der Waals surface area (Å²) in [5.41, 5.74) is 1.50. The summed E-state index contributed by atoms with van der Waals surface area (Å²) in [6.45, 7) is 0.449. The number of rotatable bonds is 5. The summed E-state index contributed by atoms with van der Waals surface area (Å²) in [5, 5.41) is 5.40. The van der Waals surface area contributed by atoms with E-state index in [1.165, 1.54) is 12.1 Å². The van der Waals surface area contributed by atoms with Gasteiger partial charge in [-0.05, 0) is 42.7 Å². The van der Waals surface area contributed by atoms with Crippen LogP contribution in [0, 0.1) is 11.7 Å². The lowest BCUT2D eigenvalue weighted by molar-refractivity contribution is -0.122. The van der Waals surface area contributed by atoms with E-state index < -0.39 is 5.82 Å². The van der Waals surface area contributed by atoms with Crippen molar-refractivity contribution in [1.29, 1.82) is 0 Å². The molecule has 0 aliphatic heterocycles. The average molecular weight is 312 g/mol. The maximum atomic E-state index is 13.5. The van der Waals surface area contributed by atoms with E-state index >= 15 is 0 Å². The Morgan fingerprint density at radius 2 is 1.74 bits per heavy atom. The zero-order valence-corrected chi connectivity index (χ0v) is 12.5. The molecular formula is C18H17FN2O2. The molecule has 0 heterocycles. The first-order valence-corrected chi connectivity index (χ1v) is 7.56. The Labute approximate surface area is 133 Å². The van der Waals surface area contributed by atoms with Crippen molar-refractivity contribution in [2.45, 2.75) is 19.4 Å². The predicted octanol–water partition coefficient (Wildman–Crippen LogP) is 3.10. The van der Waals surface area contributed by atoms with Gasteiger partial charge >= 0.3 is 0 Å². The number of carbonyl (C=O) groups is 2. The number of anilines is 1. The molecule has 2 aromatic rings. The molecule has 5 heteroatoms. The maximum absolute atomic E-state index is 13.5. The maximum Gasteiger partial charge on any atom is 0.255 e. The third-order valence-electron chi connectivity index (χ3n) is 3.75. The number of halogens is 1. The van der Waals surface area contributed by atoms with E-state index in [0.29, 0.717) is 12.1 Å². The Balaban J connectivity index is 1.58. The smallest absolute Gasteiger partial charge is 0.255 e. The van der Waals surface area contributed by atoms with Crippen molar-refractivity contribution in [3.63, 3.8) is 0 Å². The number of nitrogens with one attached hydrogen (secondary N) is 2. The van der Waals surface area contributed by atoms with Gasteiger partial charge in [-0.2, -0.15) is 0 Å². The highest BCUT2D eigenvalue weighted by Gasteiger charge is 2.29. The van der Waals surface area contributed by atoms with Gasteiger partial charge in [0.05, 0.1) is 5.69 Å². The first-order chi connectivity index (χ1) is 11.1. The van der Waals surface area contributed by atoms with Crippen molar-refractivity contribution in [3.8, 4) is 0 Å². The van der Waals surface area contributed by atoms with Crippen LogP contribution in [0.1, 0.15) is 28.8 Å². The zero-order valence-electron chi connectivity index (χ0n) is 12.5. The fourth-order valence-corrected chi connectivity index (χ4v) is 2.21. The monoisotopic (exact) mass is 312 g/mol. The highest BCUT2D eigenvalue weighted by atomic mass is 19.1. The molecule has 23 heavy (non-hydrogen) atoms. The third-order valence-corrected chi connectivity index (χ3v) is 3.75. The van der Waals surface area contributed by atoms with Crippen LogP contribution in [0.25, 0.3) is 0 Å². The van der Waals surface area contributed by atoms with Crippen molar-refractivity contribution >= 4 is 17.5 Å². The molecule has 0 unspecified atom stereocenters. The Kier molecular flexibility index (Phi) is 4.37. The summed E-state index contributed by atoms with van der Waals surface area (Å²) in [7, 11) is 0. The molecule has 2 amide bonds. The number of carbonyl (C=O) groups excluding carboxylic acids is 2. The summed E-state index contributed by atoms with van der Waals surface area (Å²) in [6.07, 6.45) is 1.95. The van der Waals surface area contributed by atoms with Crippen LogP contribution in [-0.2, 0) is 11.3 Å². The number of para-hydroxylation sites is 1. The molecule has 2 N–H and O–H groups in total. The van der Waals surface area contributed by atoms with E-state index in [-0.39, 0.29) is 23.4 Å². The van der Waals surface area contributed by atoms with Crippen LogP contribution in [-0.4, -0.2) is 11.8 Å². The van der Waals surface area contributed by atoms with Crippen LogP contribution in [0.4, 0.5) is 10.1 Å². The van der Waals surface area contributed by atoms with E-state index in [2.05, 4.69) is 10.6 Å². The fraction of sp³-hybridized carbons (Fsp3) is 0.222. The number of benzene rings is 2. The Bertz CT molecular complexity index is 724. The average Bonchev–Trinajstić information content (AvgIpc) is 3.40. The van der Waals surface area contributed by atoms with E-state index in [4.69, 9.17) is 0 Å². The van der Waals surface area contributed by atoms with Crippen LogP contribution in [0.3, 0.4) is 0 Å². The van der Waals surface area contributed by atoms with Crippen molar-refractivity contribution in [1.82, 2.24) is 5.32 Å². The highest BCUT2D eigenvalue weighted by molar-refractivity contribution is 6.04. The largest absolute Gasteiger partial charge is 0.352 e. The molecule has 2 aromatic carbocycles. The SMILES string of the molecule is O=C(Nc1ccccc1F)c1ccc(CNC(=O)C2CC2)cc1. The summed E-state index contributed by atoms with van der Waals surface area (Å²) in [5.74, 6) is -0.573. The third kappa shape index (κ3) is 3.94. The highest BCUT2D eigenvalue weighted by Crippen LogP contribution is 2.28. The molecule has 118 valence electrons. The minimum atomic E-state index is -0.472. The quantitative estimate of drug-likeness (QED) is 0.891. The minimum Gasteiger partial charge on any atom is -0.352 e. The Morgan fingerprint density at radius 3 is 2.39 bits per heavy atom. The summed E-state index contributed by atoms with van der Waals surface area (Å²) in [6, 6.07) is 12.9. The molecule has 1 fully saturated rings. The first kappa shape index (κ1) is 15.2. The standard InChI is InChI=1S/C18H17FN2O2/c19-15-3-1-2-4-16(15)21-18(23)14-7-5-12(6-8-14)11-20-17(22)13-9-10-13/h1-8,13H,9-11H2,(H,20,22)(H,21,23). The van der Waals surface area contributed by atoms with Crippen LogP contribution in [0.15, 0.2) is 48.5 Å². The van der Waals surface area contributed by atoms with Crippen molar-refractivity contribution in [3.05, 3.63) is 65.5 Å². The number of hydrogen-bond donors (Lipinski definition) is 2. The molecule has 0 aromatic heterocycles. The van der Waals surface area contributed by atoms with Crippen molar-refractivity contribution < 1.29 is 14.0 Å². The van der Waals surface area contributed by atoms with Gasteiger partial charge < -0.3 is 10.6 Å². The second-order valence-electron chi connectivity index (χ2n) is 5.62. The lowest BCUT2D eigenvalue weighted by Gasteiger charge is -2.08. The summed E-state index contributed by atoms with van der Waals surface area (Å²) < 4.78 is 13.5. The Hall–Kier alpha value is -2.69. The van der Waals surface area contributed by atoms with Gasteiger partial charge in [-0.3, -0.25) is 9.59 Å². The lowest BCUT2D eigenvalue weighted by Crippen LogP contribution is -2.24. The van der Waals surface area contributed by atoms with E-state index in [1.807, 2.05) is 0 Å². The molecule has 0 radical (unpaired) electrons. The summed E-state index contributed by atoms with van der Waals surface area (Å²) in [4.78, 5) is 23.7. The normalized spacial score (nSPS) is 13.4. The van der Waals surface area contributed by atoms with Gasteiger partial charge in [0.2, 0.25) is 5.91 Å². The van der Waals surface area contributed by atoms with Crippen LogP contribution < -0.4 is 10.6 Å². The Morgan fingerprint density at radius 1 is 1.04 bits per heavy atom. The first-order valence-electron chi connectivity index (χ1n) is 7.56. The van der Waals surface area contributed by atoms with Crippen molar-refractivity contribution in [2.75, 3.05) is 5.32 Å².